The predicted octanol–water partition coefficient (Wildman–Crippen LogP) is 2.26. The van der Waals surface area contributed by atoms with Crippen LogP contribution in [0.5, 0.6) is 0 Å². The van der Waals surface area contributed by atoms with Crippen LogP contribution < -0.4 is 22.3 Å². The van der Waals surface area contributed by atoms with Crippen LogP contribution in [-0.4, -0.2) is 46.7 Å². The third-order valence-corrected chi connectivity index (χ3v) is 6.59. The molecule has 3 heterocycles. The second-order valence-corrected chi connectivity index (χ2v) is 9.13. The van der Waals surface area contributed by atoms with Crippen LogP contribution in [0.4, 0.5) is 11.6 Å². The summed E-state index contributed by atoms with van der Waals surface area (Å²) >= 11 is 6.36. The fourth-order valence-corrected chi connectivity index (χ4v) is 4.54. The van der Waals surface area contributed by atoms with Gasteiger partial charge in [-0.25, -0.2) is 24.6 Å². The second-order valence-electron chi connectivity index (χ2n) is 8.73. The van der Waals surface area contributed by atoms with Gasteiger partial charge >= 0.3 is 0 Å². The van der Waals surface area contributed by atoms with Crippen LogP contribution in [0.3, 0.4) is 0 Å². The van der Waals surface area contributed by atoms with Crippen LogP contribution in [0.25, 0.3) is 22.3 Å². The van der Waals surface area contributed by atoms with Gasteiger partial charge in [0.25, 0.3) is 11.5 Å². The summed E-state index contributed by atoms with van der Waals surface area (Å²) in [4.78, 5) is 42.6. The lowest BCUT2D eigenvalue weighted by Gasteiger charge is -2.21. The zero-order valence-electron chi connectivity index (χ0n) is 19.8. The van der Waals surface area contributed by atoms with Gasteiger partial charge in [0.15, 0.2) is 5.82 Å². The van der Waals surface area contributed by atoms with Crippen molar-refractivity contribution in [2.45, 2.75) is 38.1 Å². The quantitative estimate of drug-likeness (QED) is 0.322. The highest BCUT2D eigenvalue weighted by molar-refractivity contribution is 6.35. The molecule has 12 nitrogen and oxygen atoms in total. The van der Waals surface area contributed by atoms with Gasteiger partial charge in [-0.2, -0.15) is 5.10 Å². The highest BCUT2D eigenvalue weighted by atomic mass is 35.5. The monoisotopic (exact) mass is 508 g/mol. The maximum atomic E-state index is 13.4. The van der Waals surface area contributed by atoms with Crippen LogP contribution >= 0.6 is 11.6 Å². The molecule has 1 aliphatic rings. The van der Waals surface area contributed by atoms with Crippen LogP contribution in [-0.2, 0) is 7.05 Å². The maximum absolute atomic E-state index is 13.4. The van der Waals surface area contributed by atoms with Crippen molar-refractivity contribution in [2.75, 3.05) is 17.6 Å². The lowest BCUT2D eigenvalue weighted by atomic mass is 10.0. The van der Waals surface area contributed by atoms with Crippen molar-refractivity contribution in [1.29, 1.82) is 0 Å². The van der Waals surface area contributed by atoms with Crippen LogP contribution in [0, 0.1) is 0 Å². The zero-order chi connectivity index (χ0) is 25.6. The number of carbonyl (C=O) groups is 1. The Kier molecular flexibility index (Phi) is 6.04. The van der Waals surface area contributed by atoms with Crippen LogP contribution in [0.2, 0.25) is 5.02 Å². The van der Waals surface area contributed by atoms with E-state index in [0.29, 0.717) is 46.1 Å². The molecule has 1 unspecified atom stereocenters. The number of hydrogen-bond donors (Lipinski definition) is 3. The molecule has 1 fully saturated rings. The van der Waals surface area contributed by atoms with E-state index in [1.54, 1.807) is 29.8 Å². The minimum Gasteiger partial charge on any atom is -0.383 e. The summed E-state index contributed by atoms with van der Waals surface area (Å²) in [5, 5.41) is 8.41. The second kappa shape index (κ2) is 9.19. The molecule has 13 heteroatoms. The van der Waals surface area contributed by atoms with Gasteiger partial charge in [-0.1, -0.05) is 24.6 Å². The Morgan fingerprint density at radius 3 is 2.72 bits per heavy atom. The van der Waals surface area contributed by atoms with Crippen molar-refractivity contribution in [3.63, 3.8) is 0 Å². The molecule has 1 aliphatic carbocycles. The van der Waals surface area contributed by atoms with Crippen molar-refractivity contribution in [2.24, 2.45) is 12.8 Å². The number of hydrogen-bond acceptors (Lipinski definition) is 9. The van der Waals surface area contributed by atoms with Gasteiger partial charge in [-0.3, -0.25) is 14.2 Å². The van der Waals surface area contributed by atoms with E-state index >= 15 is 0 Å². The fraction of sp³-hybridized carbons (Fsp3) is 0.348. The standard InChI is InChI=1S/C23H25ClN10O2/c1-3-11(21-30-14-6-4-5-13(24)15(14)23(36)34(21)12-7-8-12)9-27-19-16(17(25)28-10-29-19)20-31-22(18(26)35)33(2)32-20/h4-6,10-12H,3,7-9H2,1-2H3,(H2,26,35)(H3,25,27,28,29). The first-order valence-corrected chi connectivity index (χ1v) is 11.9. The molecule has 36 heavy (non-hydrogen) atoms. The Bertz CT molecular complexity index is 1540. The van der Waals surface area contributed by atoms with E-state index in [1.807, 2.05) is 6.92 Å². The Balaban J connectivity index is 1.52. The SMILES string of the molecule is CCC(CNc1ncnc(N)c1-c1nc(C(N)=O)n(C)n1)c1nc2cccc(Cl)c2c(=O)n1C1CC1. The molecule has 0 aliphatic heterocycles. The lowest BCUT2D eigenvalue weighted by Crippen LogP contribution is -2.29. The van der Waals surface area contributed by atoms with E-state index in [9.17, 15) is 9.59 Å². The smallest absolute Gasteiger partial charge is 0.286 e. The molecule has 0 saturated heterocycles. The molecule has 1 amide bonds. The molecular weight excluding hydrogens is 484 g/mol. The number of nitrogens with zero attached hydrogens (tertiary/aromatic N) is 7. The molecule has 0 radical (unpaired) electrons. The van der Waals surface area contributed by atoms with Gasteiger partial charge < -0.3 is 16.8 Å². The number of nitrogens with one attached hydrogen (secondary N) is 1. The Hall–Kier alpha value is -4.06. The van der Waals surface area contributed by atoms with E-state index in [2.05, 4.69) is 25.4 Å². The Labute approximate surface area is 210 Å². The average Bonchev–Trinajstić information content (AvgIpc) is 3.60. The number of nitrogen functional groups attached to an aromatic ring is 1. The number of primary amides is 1. The number of halogens is 1. The van der Waals surface area contributed by atoms with Gasteiger partial charge in [-0.05, 0) is 31.4 Å². The van der Waals surface area contributed by atoms with E-state index in [4.69, 9.17) is 28.1 Å². The summed E-state index contributed by atoms with van der Waals surface area (Å²) in [5.41, 5.74) is 12.3. The van der Waals surface area contributed by atoms with Crippen LogP contribution in [0.1, 0.15) is 54.6 Å². The molecule has 186 valence electrons. The Morgan fingerprint density at radius 1 is 1.28 bits per heavy atom. The van der Waals surface area contributed by atoms with Crippen molar-refractivity contribution in [1.82, 2.24) is 34.3 Å². The van der Waals surface area contributed by atoms with Gasteiger partial charge in [0.2, 0.25) is 5.82 Å². The molecule has 0 bridgehead atoms. The minimum atomic E-state index is -0.715. The topological polar surface area (TPSA) is 173 Å². The summed E-state index contributed by atoms with van der Waals surface area (Å²) in [6, 6.07) is 5.41. The van der Waals surface area contributed by atoms with E-state index in [1.165, 1.54) is 11.0 Å². The highest BCUT2D eigenvalue weighted by Gasteiger charge is 2.31. The van der Waals surface area contributed by atoms with Gasteiger partial charge in [0.1, 0.15) is 29.4 Å². The summed E-state index contributed by atoms with van der Waals surface area (Å²) in [5.74, 6) is 0.563. The summed E-state index contributed by atoms with van der Waals surface area (Å²) in [6.45, 7) is 2.44. The first-order chi connectivity index (χ1) is 17.3. The van der Waals surface area contributed by atoms with Crippen LogP contribution in [0.15, 0.2) is 29.3 Å². The van der Waals surface area contributed by atoms with Gasteiger partial charge in [0.05, 0.1) is 15.9 Å². The van der Waals surface area contributed by atoms with Gasteiger partial charge in [0, 0.05) is 25.6 Å². The Morgan fingerprint density at radius 2 is 2.06 bits per heavy atom. The number of benzene rings is 1. The normalized spacial score (nSPS) is 14.2. The number of anilines is 2. The van der Waals surface area contributed by atoms with Gasteiger partial charge in [-0.15, -0.1) is 0 Å². The number of aromatic nitrogens is 7. The van der Waals surface area contributed by atoms with E-state index in [-0.39, 0.29) is 35.0 Å². The van der Waals surface area contributed by atoms with E-state index in [0.717, 1.165) is 12.8 Å². The number of carbonyl (C=O) groups excluding carboxylic acids is 1. The zero-order valence-corrected chi connectivity index (χ0v) is 20.5. The molecule has 3 aromatic heterocycles. The number of nitrogens with two attached hydrogens (primary N) is 2. The first-order valence-electron chi connectivity index (χ1n) is 11.6. The largest absolute Gasteiger partial charge is 0.383 e. The molecule has 5 rings (SSSR count). The van der Waals surface area contributed by atoms with Crippen molar-refractivity contribution in [3.8, 4) is 11.4 Å². The molecule has 0 spiro atoms. The molecule has 1 aromatic carbocycles. The number of amides is 1. The number of fused-ring (bicyclic) bond motifs is 1. The van der Waals surface area contributed by atoms with Crippen molar-refractivity contribution < 1.29 is 4.79 Å². The molecular formula is C23H25ClN10O2. The summed E-state index contributed by atoms with van der Waals surface area (Å²) in [7, 11) is 1.56. The van der Waals surface area contributed by atoms with E-state index < -0.39 is 5.91 Å². The van der Waals surface area contributed by atoms with Crippen molar-refractivity contribution in [3.05, 3.63) is 51.6 Å². The average molecular weight is 509 g/mol. The predicted molar refractivity (Wildman–Crippen MR) is 136 cm³/mol. The summed E-state index contributed by atoms with van der Waals surface area (Å²) in [6.07, 6.45) is 3.89. The lowest BCUT2D eigenvalue weighted by molar-refractivity contribution is 0.0986. The molecule has 4 aromatic rings. The number of rotatable bonds is 8. The highest BCUT2D eigenvalue weighted by Crippen LogP contribution is 2.37. The molecule has 1 atom stereocenters. The third kappa shape index (κ3) is 4.13. The molecule has 5 N–H and O–H groups in total. The summed E-state index contributed by atoms with van der Waals surface area (Å²) < 4.78 is 3.07. The minimum absolute atomic E-state index is 0.0156. The first kappa shape index (κ1) is 23.7. The molecule has 1 saturated carbocycles. The third-order valence-electron chi connectivity index (χ3n) is 6.28. The maximum Gasteiger partial charge on any atom is 0.286 e. The van der Waals surface area contributed by atoms with Crippen molar-refractivity contribution >= 4 is 40.0 Å². The fourth-order valence-electron chi connectivity index (χ4n) is 4.29. The number of aryl methyl sites for hydroxylation is 1.